The summed E-state index contributed by atoms with van der Waals surface area (Å²) in [5, 5.41) is 5.49. The summed E-state index contributed by atoms with van der Waals surface area (Å²) in [7, 11) is 2.62. The van der Waals surface area contributed by atoms with Gasteiger partial charge in [0.25, 0.3) is 0 Å². The van der Waals surface area contributed by atoms with Gasteiger partial charge in [0.15, 0.2) is 0 Å². The standard InChI is InChI=1S/C48H57N7O6S/c1-25(2)42(52-47(58)60-5)45(56)54-19-7-9-36(54)34-23-30-21-27(13-16-33(30)50-34)31-14-15-32(41-29-12-11-28(22-29)40(31)41)38-17-18-39(62-38)35-24-49-44(51-35)37-10-8-20-55(37)46(57)43(26(3)4)53-48(59)61-6/h13-18,21,24-26,28-29,36-37,42-43H,7-12,19-20,22-23H2,1-6H3,(H,49,51)(H,52,58)(H,53,59)/t28?,29?,36-,37-,42-,43-/m0/s1. The van der Waals surface area contributed by atoms with Crippen LogP contribution < -0.4 is 10.6 Å². The molecule has 6 atom stereocenters. The average Bonchev–Trinajstić information content (AvgIpc) is 4.12. The number of carbonyl (C=O) groups excluding carboxylic acids is 4. The minimum atomic E-state index is -0.681. The van der Waals surface area contributed by atoms with E-state index >= 15 is 0 Å². The maximum Gasteiger partial charge on any atom is 0.407 e. The van der Waals surface area contributed by atoms with Crippen LogP contribution in [0.15, 0.2) is 53.7 Å². The zero-order valence-electron chi connectivity index (χ0n) is 36.5. The van der Waals surface area contributed by atoms with Crippen molar-refractivity contribution in [1.29, 1.82) is 0 Å². The van der Waals surface area contributed by atoms with Crippen LogP contribution in [-0.4, -0.2) is 94.9 Å². The Balaban J connectivity index is 0.935. The van der Waals surface area contributed by atoms with Gasteiger partial charge in [0.2, 0.25) is 11.8 Å². The third kappa shape index (κ3) is 7.58. The van der Waals surface area contributed by atoms with Crippen molar-refractivity contribution < 1.29 is 28.7 Å². The van der Waals surface area contributed by atoms with E-state index < -0.39 is 24.3 Å². The molecule has 0 spiro atoms. The number of methoxy groups -OCH3 is 2. The number of fused-ring (bicyclic) bond motifs is 6. The second-order valence-corrected chi connectivity index (χ2v) is 19.3. The first-order valence-electron chi connectivity index (χ1n) is 22.3. The van der Waals surface area contributed by atoms with Gasteiger partial charge in [-0.05, 0) is 126 Å². The van der Waals surface area contributed by atoms with Crippen LogP contribution in [0.2, 0.25) is 0 Å². The van der Waals surface area contributed by atoms with Crippen LogP contribution in [0.25, 0.3) is 32.1 Å². The van der Waals surface area contributed by atoms with E-state index in [0.29, 0.717) is 31.3 Å². The number of nitrogens with one attached hydrogen (secondary N) is 3. The number of hydrogen-bond donors (Lipinski definition) is 3. The topological polar surface area (TPSA) is 158 Å². The van der Waals surface area contributed by atoms with Gasteiger partial charge in [-0.2, -0.15) is 0 Å². The average molecular weight is 860 g/mol. The smallest absolute Gasteiger partial charge is 0.407 e. The molecule has 4 amide bonds. The Morgan fingerprint density at radius 1 is 0.758 bits per heavy atom. The molecule has 4 aromatic rings. The van der Waals surface area contributed by atoms with Crippen molar-refractivity contribution in [2.75, 3.05) is 27.3 Å². The minimum Gasteiger partial charge on any atom is -0.453 e. The number of alkyl carbamates (subject to hydrolysis) is 2. The summed E-state index contributed by atoms with van der Waals surface area (Å²) in [5.41, 5.74) is 10.9. The number of hydrogen-bond acceptors (Lipinski definition) is 9. The first-order valence-corrected chi connectivity index (χ1v) is 23.1. The molecule has 14 heteroatoms. The highest BCUT2D eigenvalue weighted by atomic mass is 32.1. The van der Waals surface area contributed by atoms with Crippen LogP contribution >= 0.6 is 11.3 Å². The van der Waals surface area contributed by atoms with Crippen molar-refractivity contribution >= 4 is 46.7 Å². The molecular weight excluding hydrogens is 803 g/mol. The summed E-state index contributed by atoms with van der Waals surface area (Å²) < 4.78 is 9.63. The maximum atomic E-state index is 13.8. The normalized spacial score (nSPS) is 22.2. The van der Waals surface area contributed by atoms with Crippen LogP contribution in [-0.2, 0) is 25.5 Å². The van der Waals surface area contributed by atoms with Crippen LogP contribution in [0, 0.1) is 11.8 Å². The van der Waals surface area contributed by atoms with E-state index in [1.165, 1.54) is 71.7 Å². The maximum absolute atomic E-state index is 13.8. The van der Waals surface area contributed by atoms with E-state index in [9.17, 15) is 19.2 Å². The molecule has 2 aliphatic carbocycles. The van der Waals surface area contributed by atoms with Crippen molar-refractivity contribution in [3.63, 3.8) is 0 Å². The molecule has 13 nitrogen and oxygen atoms in total. The molecule has 62 heavy (non-hydrogen) atoms. The van der Waals surface area contributed by atoms with Crippen molar-refractivity contribution in [2.45, 2.75) is 115 Å². The SMILES string of the molecule is COC(=O)N[C@H](C(=O)N1CCC[C@H]1C1=Nc2ccc(-c3ccc(-c4ccc(-c5cnc([C@@H]6CCCN6C(=O)[C@@H](NC(=O)OC)C(C)C)[nH]5)s4)c4c3C3CCC4C3)cc2C1)C(C)C. The number of amides is 4. The van der Waals surface area contributed by atoms with E-state index in [-0.39, 0.29) is 35.7 Å². The van der Waals surface area contributed by atoms with Gasteiger partial charge < -0.3 is 34.9 Å². The summed E-state index contributed by atoms with van der Waals surface area (Å²) in [4.78, 5) is 71.3. The van der Waals surface area contributed by atoms with Gasteiger partial charge in [-0.1, -0.05) is 45.9 Å². The number of benzene rings is 2. The number of rotatable bonds is 11. The number of nitrogens with zero attached hydrogens (tertiary/aromatic N) is 4. The monoisotopic (exact) mass is 859 g/mol. The molecule has 1 saturated carbocycles. The van der Waals surface area contributed by atoms with Crippen molar-refractivity contribution in [2.24, 2.45) is 16.8 Å². The molecule has 0 radical (unpaired) electrons. The first kappa shape index (κ1) is 41.8. The molecule has 5 heterocycles. The lowest BCUT2D eigenvalue weighted by molar-refractivity contribution is -0.135. The van der Waals surface area contributed by atoms with E-state index in [4.69, 9.17) is 19.5 Å². The van der Waals surface area contributed by atoms with Crippen LogP contribution in [0.3, 0.4) is 0 Å². The fourth-order valence-corrected chi connectivity index (χ4v) is 11.8. The molecule has 2 unspecified atom stereocenters. The third-order valence-electron chi connectivity index (χ3n) is 13.8. The number of carbonyl (C=O) groups is 4. The highest BCUT2D eigenvalue weighted by Gasteiger charge is 2.42. The predicted octanol–water partition coefficient (Wildman–Crippen LogP) is 8.88. The zero-order valence-corrected chi connectivity index (χ0v) is 37.3. The highest BCUT2D eigenvalue weighted by molar-refractivity contribution is 7.18. The molecule has 3 N–H and O–H groups in total. The summed E-state index contributed by atoms with van der Waals surface area (Å²) in [6.07, 6.45) is 8.40. The van der Waals surface area contributed by atoms with E-state index in [1.807, 2.05) is 43.7 Å². The van der Waals surface area contributed by atoms with E-state index in [1.54, 1.807) is 11.3 Å². The second kappa shape index (κ2) is 17.0. The predicted molar refractivity (Wildman–Crippen MR) is 240 cm³/mol. The van der Waals surface area contributed by atoms with Gasteiger partial charge in [-0.3, -0.25) is 14.6 Å². The number of H-pyrrole nitrogens is 1. The molecule has 2 aromatic carbocycles. The summed E-state index contributed by atoms with van der Waals surface area (Å²) >= 11 is 1.77. The number of aromatic amines is 1. The number of ether oxygens (including phenoxy) is 2. The Hall–Kier alpha value is -5.50. The van der Waals surface area contributed by atoms with Crippen molar-refractivity contribution in [3.8, 4) is 32.1 Å². The highest BCUT2D eigenvalue weighted by Crippen LogP contribution is 2.59. The van der Waals surface area contributed by atoms with Gasteiger partial charge in [0.05, 0.1) is 48.8 Å². The molecular formula is C48H57N7O6S. The Bertz CT molecular complexity index is 2440. The summed E-state index contributed by atoms with van der Waals surface area (Å²) in [5.74, 6) is 1.46. The van der Waals surface area contributed by atoms with Gasteiger partial charge in [-0.25, -0.2) is 14.6 Å². The van der Waals surface area contributed by atoms with Crippen LogP contribution in [0.5, 0.6) is 0 Å². The quantitative estimate of drug-likeness (QED) is 0.136. The first-order chi connectivity index (χ1) is 29.9. The number of aromatic nitrogens is 2. The Kier molecular flexibility index (Phi) is 11.5. The van der Waals surface area contributed by atoms with Crippen molar-refractivity contribution in [1.82, 2.24) is 30.4 Å². The summed E-state index contributed by atoms with van der Waals surface area (Å²) in [6, 6.07) is 14.1. The van der Waals surface area contributed by atoms with Gasteiger partial charge in [-0.15, -0.1) is 11.3 Å². The van der Waals surface area contributed by atoms with Crippen LogP contribution in [0.1, 0.15) is 113 Å². The molecule has 3 aliphatic heterocycles. The molecule has 5 aliphatic rings. The molecule has 9 rings (SSSR count). The fraction of sp³-hybridized carbons (Fsp3) is 0.500. The lowest BCUT2D eigenvalue weighted by atomic mass is 9.82. The third-order valence-corrected chi connectivity index (χ3v) is 15.0. The minimum absolute atomic E-state index is 0.0819. The lowest BCUT2D eigenvalue weighted by Crippen LogP contribution is -2.53. The summed E-state index contributed by atoms with van der Waals surface area (Å²) in [6.45, 7) is 8.97. The largest absolute Gasteiger partial charge is 0.453 e. The molecule has 2 saturated heterocycles. The van der Waals surface area contributed by atoms with Gasteiger partial charge in [0.1, 0.15) is 17.9 Å². The number of aliphatic imine (C=N–C) groups is 1. The lowest BCUT2D eigenvalue weighted by Gasteiger charge is -2.30. The molecule has 326 valence electrons. The Labute approximate surface area is 367 Å². The Morgan fingerprint density at radius 3 is 2.00 bits per heavy atom. The zero-order chi connectivity index (χ0) is 43.4. The number of imidazole rings is 1. The van der Waals surface area contributed by atoms with E-state index in [0.717, 1.165) is 53.5 Å². The molecule has 3 fully saturated rings. The molecule has 2 bridgehead atoms. The Morgan fingerprint density at radius 2 is 1.35 bits per heavy atom. The number of thiophene rings is 1. The van der Waals surface area contributed by atoms with Crippen molar-refractivity contribution in [3.05, 3.63) is 71.2 Å². The van der Waals surface area contributed by atoms with Gasteiger partial charge in [0, 0.05) is 30.1 Å². The number of likely N-dealkylation sites (tertiary alicyclic amines) is 2. The molecule has 2 aromatic heterocycles. The van der Waals surface area contributed by atoms with Crippen LogP contribution in [0.4, 0.5) is 15.3 Å². The van der Waals surface area contributed by atoms with Gasteiger partial charge >= 0.3 is 12.2 Å². The fourth-order valence-electron chi connectivity index (χ4n) is 10.8. The second-order valence-electron chi connectivity index (χ2n) is 18.3. The van der Waals surface area contributed by atoms with E-state index in [2.05, 4.69) is 58.1 Å².